The van der Waals surface area contributed by atoms with Crippen molar-refractivity contribution in [2.75, 3.05) is 18.5 Å². The van der Waals surface area contributed by atoms with Crippen molar-refractivity contribution in [3.8, 4) is 0 Å². The van der Waals surface area contributed by atoms with Crippen LogP contribution in [0.3, 0.4) is 0 Å². The smallest absolute Gasteiger partial charge is 0.228 e. The van der Waals surface area contributed by atoms with Crippen molar-refractivity contribution in [2.24, 2.45) is 7.05 Å². The second kappa shape index (κ2) is 5.73. The van der Waals surface area contributed by atoms with Crippen molar-refractivity contribution in [3.05, 3.63) is 30.2 Å². The molecular weight excluding hydrogens is 261 g/mol. The lowest BCUT2D eigenvalue weighted by Gasteiger charge is -2.19. The van der Waals surface area contributed by atoms with Gasteiger partial charge in [0.15, 0.2) is 5.82 Å². The van der Waals surface area contributed by atoms with Gasteiger partial charge in [0.05, 0.1) is 11.2 Å². The summed E-state index contributed by atoms with van der Waals surface area (Å²) in [7, 11) is 3.57. The molecule has 2 amide bonds. The van der Waals surface area contributed by atoms with Crippen LogP contribution in [0.1, 0.15) is 6.42 Å². The van der Waals surface area contributed by atoms with Crippen LogP contribution in [-0.2, 0) is 16.6 Å². The van der Waals surface area contributed by atoms with E-state index in [-0.39, 0.29) is 18.1 Å². The highest BCUT2D eigenvalue weighted by molar-refractivity contribution is 5.87. The minimum atomic E-state index is -0.381. The van der Waals surface area contributed by atoms with Gasteiger partial charge in [-0.25, -0.2) is 4.39 Å². The Balaban J connectivity index is 2.18. The number of nitrogens with one attached hydrogen (secondary N) is 1. The molecule has 0 fully saturated rings. The first kappa shape index (κ1) is 14.0. The van der Waals surface area contributed by atoms with Gasteiger partial charge < -0.3 is 9.47 Å². The topological polar surface area (TPSA) is 54.3 Å². The molecule has 0 aliphatic carbocycles. The van der Waals surface area contributed by atoms with Gasteiger partial charge in [0.2, 0.25) is 12.3 Å². The molecule has 0 saturated heterocycles. The van der Waals surface area contributed by atoms with E-state index in [9.17, 15) is 14.0 Å². The molecule has 2 rings (SSSR count). The lowest BCUT2D eigenvalue weighted by atomic mass is 10.2. The summed E-state index contributed by atoms with van der Waals surface area (Å²) >= 11 is 0. The normalized spacial score (nSPS) is 10.6. The fraction of sp³-hybridized carbons (Fsp3) is 0.286. The molecule has 6 heteroatoms. The largest absolute Gasteiger partial charge is 0.372 e. The number of benzene rings is 1. The Morgan fingerprint density at radius 3 is 2.90 bits per heavy atom. The van der Waals surface area contributed by atoms with Gasteiger partial charge in [0.25, 0.3) is 0 Å². The van der Waals surface area contributed by atoms with Gasteiger partial charge in [0.1, 0.15) is 0 Å². The fourth-order valence-electron chi connectivity index (χ4n) is 2.13. The van der Waals surface area contributed by atoms with Gasteiger partial charge in [0, 0.05) is 38.6 Å². The number of hydrogen-bond acceptors (Lipinski definition) is 3. The van der Waals surface area contributed by atoms with Gasteiger partial charge in [-0.15, -0.1) is 0 Å². The Morgan fingerprint density at radius 1 is 1.45 bits per heavy atom. The number of carbonyl (C=O) groups is 2. The van der Waals surface area contributed by atoms with Crippen LogP contribution in [0.15, 0.2) is 24.4 Å². The molecule has 0 radical (unpaired) electrons. The van der Waals surface area contributed by atoms with E-state index in [1.807, 2.05) is 17.7 Å². The second-order valence-electron chi connectivity index (χ2n) is 4.62. The molecule has 1 N–H and O–H groups in total. The van der Waals surface area contributed by atoms with Crippen molar-refractivity contribution in [1.29, 1.82) is 0 Å². The lowest BCUT2D eigenvalue weighted by Crippen LogP contribution is -2.28. The molecule has 0 spiro atoms. The molecule has 1 aromatic heterocycles. The molecule has 1 aromatic carbocycles. The van der Waals surface area contributed by atoms with Crippen LogP contribution in [0, 0.1) is 5.82 Å². The van der Waals surface area contributed by atoms with Crippen molar-refractivity contribution >= 4 is 28.9 Å². The molecule has 0 unspecified atom stereocenters. The Bertz CT molecular complexity index is 651. The average molecular weight is 277 g/mol. The maximum Gasteiger partial charge on any atom is 0.228 e. The number of imide groups is 1. The third-order valence-electron chi connectivity index (χ3n) is 3.29. The zero-order valence-electron chi connectivity index (χ0n) is 11.4. The number of nitrogens with zero attached hydrogens (tertiary/aromatic N) is 2. The van der Waals surface area contributed by atoms with Crippen molar-refractivity contribution < 1.29 is 14.0 Å². The summed E-state index contributed by atoms with van der Waals surface area (Å²) in [5.41, 5.74) is 1.25. The second-order valence-corrected chi connectivity index (χ2v) is 4.62. The highest BCUT2D eigenvalue weighted by Gasteiger charge is 2.13. The number of hydrogen-bond donors (Lipinski definition) is 1. The minimum Gasteiger partial charge on any atom is -0.372 e. The van der Waals surface area contributed by atoms with Crippen LogP contribution in [-0.4, -0.2) is 30.5 Å². The molecule has 0 atom stereocenters. The van der Waals surface area contributed by atoms with E-state index in [1.54, 1.807) is 30.3 Å². The van der Waals surface area contributed by atoms with E-state index in [0.717, 1.165) is 5.52 Å². The minimum absolute atomic E-state index is 0.126. The monoisotopic (exact) mass is 277 g/mol. The predicted molar refractivity (Wildman–Crippen MR) is 75.0 cm³/mol. The van der Waals surface area contributed by atoms with E-state index in [2.05, 4.69) is 5.32 Å². The molecule has 1 heterocycles. The van der Waals surface area contributed by atoms with Gasteiger partial charge in [-0.3, -0.25) is 14.9 Å². The summed E-state index contributed by atoms with van der Waals surface area (Å²) in [6.45, 7) is 0.328. The number of halogens is 1. The van der Waals surface area contributed by atoms with Crippen LogP contribution in [0.2, 0.25) is 0 Å². The van der Waals surface area contributed by atoms with Crippen molar-refractivity contribution in [1.82, 2.24) is 9.88 Å². The molecule has 2 aromatic rings. The first-order valence-electron chi connectivity index (χ1n) is 6.22. The molecule has 0 aliphatic rings. The summed E-state index contributed by atoms with van der Waals surface area (Å²) in [6, 6.07) is 5.26. The molecule has 5 nitrogen and oxygen atoms in total. The summed E-state index contributed by atoms with van der Waals surface area (Å²) in [5, 5.41) is 2.61. The third kappa shape index (κ3) is 2.64. The molecule has 0 aliphatic heterocycles. The molecule has 0 bridgehead atoms. The van der Waals surface area contributed by atoms with Gasteiger partial charge in [-0.2, -0.15) is 0 Å². The summed E-state index contributed by atoms with van der Waals surface area (Å²) < 4.78 is 16.2. The van der Waals surface area contributed by atoms with Crippen LogP contribution >= 0.6 is 0 Å². The summed E-state index contributed by atoms with van der Waals surface area (Å²) in [5.74, 6) is -0.686. The van der Waals surface area contributed by atoms with Crippen LogP contribution in [0.5, 0.6) is 0 Å². The summed E-state index contributed by atoms with van der Waals surface area (Å²) in [6.07, 6.45) is 2.27. The van der Waals surface area contributed by atoms with Gasteiger partial charge in [-0.05, 0) is 18.2 Å². The highest BCUT2D eigenvalue weighted by Crippen LogP contribution is 2.27. The van der Waals surface area contributed by atoms with E-state index in [1.165, 1.54) is 0 Å². The number of anilines is 1. The van der Waals surface area contributed by atoms with Crippen LogP contribution in [0.4, 0.5) is 10.1 Å². The Kier molecular flexibility index (Phi) is 4.02. The van der Waals surface area contributed by atoms with E-state index >= 15 is 0 Å². The summed E-state index contributed by atoms with van der Waals surface area (Å²) in [4.78, 5) is 23.0. The molecular formula is C14H16FN3O2. The SMILES string of the molecule is CN(CCC(=O)NC=O)c1ccc2c(ccn2C)c1F. The third-order valence-corrected chi connectivity index (χ3v) is 3.29. The quantitative estimate of drug-likeness (QED) is 0.841. The number of rotatable bonds is 5. The van der Waals surface area contributed by atoms with E-state index in [4.69, 9.17) is 0 Å². The molecule has 0 saturated carbocycles. The highest BCUT2D eigenvalue weighted by atomic mass is 19.1. The van der Waals surface area contributed by atoms with E-state index < -0.39 is 0 Å². The Morgan fingerprint density at radius 2 is 2.20 bits per heavy atom. The standard InChI is InChI=1S/C14H16FN3O2/c1-17-7-5-10-11(17)3-4-12(14(10)15)18(2)8-6-13(20)16-9-19/h3-5,7,9H,6,8H2,1-2H3,(H,16,19,20). The molecule has 20 heavy (non-hydrogen) atoms. The average Bonchev–Trinajstić information content (AvgIpc) is 2.79. The Hall–Kier alpha value is -2.37. The fourth-order valence-corrected chi connectivity index (χ4v) is 2.13. The molecule has 106 valence electrons. The van der Waals surface area contributed by atoms with Crippen molar-refractivity contribution in [2.45, 2.75) is 6.42 Å². The zero-order valence-corrected chi connectivity index (χ0v) is 11.4. The van der Waals surface area contributed by atoms with Gasteiger partial charge >= 0.3 is 0 Å². The zero-order chi connectivity index (χ0) is 14.7. The maximum absolute atomic E-state index is 14.4. The number of amides is 2. The number of fused-ring (bicyclic) bond motifs is 1. The number of carbonyl (C=O) groups excluding carboxylic acids is 2. The Labute approximate surface area is 116 Å². The van der Waals surface area contributed by atoms with Crippen molar-refractivity contribution in [3.63, 3.8) is 0 Å². The first-order valence-corrected chi connectivity index (χ1v) is 6.22. The van der Waals surface area contributed by atoms with Crippen LogP contribution in [0.25, 0.3) is 10.9 Å². The predicted octanol–water partition coefficient (Wildman–Crippen LogP) is 1.42. The number of aromatic nitrogens is 1. The number of aryl methyl sites for hydroxylation is 1. The maximum atomic E-state index is 14.4. The van der Waals surface area contributed by atoms with Gasteiger partial charge in [-0.1, -0.05) is 0 Å². The van der Waals surface area contributed by atoms with Crippen LogP contribution < -0.4 is 10.2 Å². The lowest BCUT2D eigenvalue weighted by molar-refractivity contribution is -0.125. The van der Waals surface area contributed by atoms with E-state index in [0.29, 0.717) is 24.0 Å². The first-order chi connectivity index (χ1) is 9.54.